The molecule has 2 heterocycles. The van der Waals surface area contributed by atoms with Gasteiger partial charge >= 0.3 is 0 Å². The van der Waals surface area contributed by atoms with E-state index in [0.29, 0.717) is 23.2 Å². The topological polar surface area (TPSA) is 66.0 Å². The van der Waals surface area contributed by atoms with E-state index in [9.17, 15) is 0 Å². The second-order valence-electron chi connectivity index (χ2n) is 3.12. The first kappa shape index (κ1) is 10.8. The van der Waals surface area contributed by atoms with Crippen LogP contribution < -0.4 is 10.5 Å². The molecule has 0 radical (unpaired) electrons. The van der Waals surface area contributed by atoms with Crippen LogP contribution in [0.15, 0.2) is 24.7 Å². The van der Waals surface area contributed by atoms with Gasteiger partial charge in [0.25, 0.3) is 0 Å². The Kier molecular flexibility index (Phi) is 2.96. The van der Waals surface area contributed by atoms with Gasteiger partial charge in [0.2, 0.25) is 0 Å². The van der Waals surface area contributed by atoms with Crippen molar-refractivity contribution in [3.05, 3.63) is 29.7 Å². The number of pyridine rings is 1. The molecule has 2 aromatic rings. The monoisotopic (exact) mass is 238 g/mol. The largest absolute Gasteiger partial charge is 0.492 e. The standard InChI is InChI=1S/C10H11ClN4O/c1-2-16-8-3-7(4-13-5-8)15-6-9(11)10(12)14-15/h3-6H,2H2,1H3,(H2,12,14). The SMILES string of the molecule is CCOc1cncc(-n2cc(Cl)c(N)n2)c1. The maximum atomic E-state index is 5.82. The molecule has 0 aliphatic rings. The minimum atomic E-state index is 0.295. The molecule has 0 aliphatic carbocycles. The Morgan fingerprint density at radius 3 is 2.94 bits per heavy atom. The van der Waals surface area contributed by atoms with E-state index in [2.05, 4.69) is 10.1 Å². The van der Waals surface area contributed by atoms with Gasteiger partial charge < -0.3 is 10.5 Å². The second kappa shape index (κ2) is 4.40. The highest BCUT2D eigenvalue weighted by Gasteiger charge is 2.05. The van der Waals surface area contributed by atoms with Crippen molar-refractivity contribution in [1.29, 1.82) is 0 Å². The van der Waals surface area contributed by atoms with Gasteiger partial charge in [-0.2, -0.15) is 0 Å². The molecule has 0 saturated heterocycles. The zero-order valence-corrected chi connectivity index (χ0v) is 9.48. The van der Waals surface area contributed by atoms with E-state index in [1.807, 2.05) is 13.0 Å². The smallest absolute Gasteiger partial charge is 0.164 e. The van der Waals surface area contributed by atoms with Crippen molar-refractivity contribution in [1.82, 2.24) is 14.8 Å². The predicted molar refractivity (Wildman–Crippen MR) is 62.0 cm³/mol. The highest BCUT2D eigenvalue weighted by Crippen LogP contribution is 2.20. The van der Waals surface area contributed by atoms with Gasteiger partial charge in [-0.1, -0.05) is 11.6 Å². The van der Waals surface area contributed by atoms with Crippen molar-refractivity contribution in [3.63, 3.8) is 0 Å². The summed E-state index contributed by atoms with van der Waals surface area (Å²) in [5, 5.41) is 4.47. The molecule has 0 bridgehead atoms. The summed E-state index contributed by atoms with van der Waals surface area (Å²) in [7, 11) is 0. The Morgan fingerprint density at radius 1 is 1.50 bits per heavy atom. The van der Waals surface area contributed by atoms with Gasteiger partial charge in [-0.05, 0) is 6.92 Å². The van der Waals surface area contributed by atoms with Crippen LogP contribution in [0.1, 0.15) is 6.92 Å². The van der Waals surface area contributed by atoms with Gasteiger partial charge in [0, 0.05) is 6.07 Å². The van der Waals surface area contributed by atoms with Crippen LogP contribution in [0.5, 0.6) is 5.75 Å². The van der Waals surface area contributed by atoms with Crippen molar-refractivity contribution < 1.29 is 4.74 Å². The van der Waals surface area contributed by atoms with Crippen molar-refractivity contribution in [2.24, 2.45) is 0 Å². The van der Waals surface area contributed by atoms with Gasteiger partial charge in [0.15, 0.2) is 5.82 Å². The van der Waals surface area contributed by atoms with Crippen LogP contribution in [0.2, 0.25) is 5.02 Å². The molecule has 0 atom stereocenters. The lowest BCUT2D eigenvalue weighted by Gasteiger charge is -2.04. The summed E-state index contributed by atoms with van der Waals surface area (Å²) in [5.41, 5.74) is 6.31. The van der Waals surface area contributed by atoms with E-state index < -0.39 is 0 Å². The number of nitrogens with two attached hydrogens (primary N) is 1. The van der Waals surface area contributed by atoms with Crippen molar-refractivity contribution in [2.45, 2.75) is 6.92 Å². The average molecular weight is 239 g/mol. The summed E-state index contributed by atoms with van der Waals surface area (Å²) in [6, 6.07) is 1.82. The first-order valence-corrected chi connectivity index (χ1v) is 5.17. The van der Waals surface area contributed by atoms with E-state index in [4.69, 9.17) is 22.1 Å². The second-order valence-corrected chi connectivity index (χ2v) is 3.53. The number of ether oxygens (including phenoxy) is 1. The molecule has 2 aromatic heterocycles. The molecular formula is C10H11ClN4O. The molecule has 0 spiro atoms. The van der Waals surface area contributed by atoms with Crippen LogP contribution in [0.4, 0.5) is 5.82 Å². The van der Waals surface area contributed by atoms with Gasteiger partial charge in [-0.15, -0.1) is 5.10 Å². The maximum absolute atomic E-state index is 5.82. The Labute approximate surface area is 97.8 Å². The third-order valence-electron chi connectivity index (χ3n) is 1.97. The van der Waals surface area contributed by atoms with E-state index in [1.165, 1.54) is 0 Å². The van der Waals surface area contributed by atoms with E-state index >= 15 is 0 Å². The summed E-state index contributed by atoms with van der Waals surface area (Å²) in [5.74, 6) is 0.980. The number of rotatable bonds is 3. The van der Waals surface area contributed by atoms with Crippen molar-refractivity contribution in [3.8, 4) is 11.4 Å². The minimum absolute atomic E-state index is 0.295. The lowest BCUT2D eigenvalue weighted by atomic mass is 10.4. The number of aromatic nitrogens is 3. The van der Waals surface area contributed by atoms with Crippen LogP contribution >= 0.6 is 11.6 Å². The van der Waals surface area contributed by atoms with Gasteiger partial charge in [0.05, 0.1) is 30.9 Å². The third kappa shape index (κ3) is 2.09. The predicted octanol–water partition coefficient (Wildman–Crippen LogP) is 1.90. The first-order chi connectivity index (χ1) is 7.70. The molecule has 0 amide bonds. The number of halogens is 1. The van der Waals surface area contributed by atoms with Gasteiger partial charge in [-0.25, -0.2) is 4.68 Å². The van der Waals surface area contributed by atoms with Crippen LogP contribution in [0.3, 0.4) is 0 Å². The number of nitrogen functional groups attached to an aromatic ring is 1. The number of hydrogen-bond acceptors (Lipinski definition) is 4. The number of hydrogen-bond donors (Lipinski definition) is 1. The fraction of sp³-hybridized carbons (Fsp3) is 0.200. The minimum Gasteiger partial charge on any atom is -0.492 e. The molecule has 5 nitrogen and oxygen atoms in total. The van der Waals surface area contributed by atoms with E-state index in [-0.39, 0.29) is 0 Å². The van der Waals surface area contributed by atoms with Gasteiger partial charge in [-0.3, -0.25) is 4.98 Å². The zero-order chi connectivity index (χ0) is 11.5. The summed E-state index contributed by atoms with van der Waals surface area (Å²) in [6.45, 7) is 2.50. The molecular weight excluding hydrogens is 228 g/mol. The molecule has 0 aliphatic heterocycles. The normalized spacial score (nSPS) is 10.4. The Morgan fingerprint density at radius 2 is 2.31 bits per heavy atom. The number of nitrogens with zero attached hydrogens (tertiary/aromatic N) is 3. The quantitative estimate of drug-likeness (QED) is 0.887. The van der Waals surface area contributed by atoms with Crippen molar-refractivity contribution in [2.75, 3.05) is 12.3 Å². The number of anilines is 1. The van der Waals surface area contributed by atoms with Crippen LogP contribution in [0.25, 0.3) is 5.69 Å². The summed E-state index contributed by atoms with van der Waals surface area (Å²) in [4.78, 5) is 4.05. The molecule has 6 heteroatoms. The molecule has 2 N–H and O–H groups in total. The third-order valence-corrected chi connectivity index (χ3v) is 2.26. The Bertz CT molecular complexity index is 478. The zero-order valence-electron chi connectivity index (χ0n) is 8.72. The summed E-state index contributed by atoms with van der Waals surface area (Å²) >= 11 is 5.82. The highest BCUT2D eigenvalue weighted by atomic mass is 35.5. The first-order valence-electron chi connectivity index (χ1n) is 4.79. The van der Waals surface area contributed by atoms with Crippen LogP contribution in [-0.2, 0) is 0 Å². The van der Waals surface area contributed by atoms with Crippen LogP contribution in [-0.4, -0.2) is 21.4 Å². The molecule has 84 valence electrons. The Balaban J connectivity index is 2.36. The maximum Gasteiger partial charge on any atom is 0.164 e. The van der Waals surface area contributed by atoms with E-state index in [1.54, 1.807) is 23.3 Å². The molecule has 0 unspecified atom stereocenters. The lowest BCUT2D eigenvalue weighted by molar-refractivity contribution is 0.338. The molecule has 0 aromatic carbocycles. The van der Waals surface area contributed by atoms with Gasteiger partial charge in [0.1, 0.15) is 10.8 Å². The molecule has 16 heavy (non-hydrogen) atoms. The van der Waals surface area contributed by atoms with Crippen molar-refractivity contribution >= 4 is 17.4 Å². The average Bonchev–Trinajstić information content (AvgIpc) is 2.60. The molecule has 0 fully saturated rings. The summed E-state index contributed by atoms with van der Waals surface area (Å²) in [6.07, 6.45) is 4.93. The fourth-order valence-electron chi connectivity index (χ4n) is 1.28. The summed E-state index contributed by atoms with van der Waals surface area (Å²) < 4.78 is 6.90. The fourth-order valence-corrected chi connectivity index (χ4v) is 1.41. The molecule has 2 rings (SSSR count). The molecule has 0 saturated carbocycles. The van der Waals surface area contributed by atoms with E-state index in [0.717, 1.165) is 5.69 Å². The highest BCUT2D eigenvalue weighted by molar-refractivity contribution is 6.32. The lowest BCUT2D eigenvalue weighted by Crippen LogP contribution is -1.99. The Hall–Kier alpha value is -1.75. The van der Waals surface area contributed by atoms with Crippen LogP contribution in [0, 0.1) is 0 Å².